The van der Waals surface area contributed by atoms with Crippen molar-refractivity contribution in [2.75, 3.05) is 6.54 Å². The van der Waals surface area contributed by atoms with Gasteiger partial charge in [0.15, 0.2) is 0 Å². The molecule has 0 saturated carbocycles. The van der Waals surface area contributed by atoms with E-state index in [9.17, 15) is 9.90 Å². The number of carboxylic acids is 1. The molecule has 1 unspecified atom stereocenters. The molecule has 1 aliphatic rings. The summed E-state index contributed by atoms with van der Waals surface area (Å²) in [6.45, 7) is 3.57. The fourth-order valence-electron chi connectivity index (χ4n) is 2.62. The van der Waals surface area contributed by atoms with Crippen molar-refractivity contribution in [3.63, 3.8) is 0 Å². The summed E-state index contributed by atoms with van der Waals surface area (Å²) in [6, 6.07) is 7.69. The van der Waals surface area contributed by atoms with Gasteiger partial charge >= 0.3 is 5.97 Å². The van der Waals surface area contributed by atoms with E-state index in [0.717, 1.165) is 22.5 Å². The van der Waals surface area contributed by atoms with Gasteiger partial charge in [0.25, 0.3) is 0 Å². The Kier molecular flexibility index (Phi) is 3.23. The second kappa shape index (κ2) is 5.05. The summed E-state index contributed by atoms with van der Waals surface area (Å²) in [7, 11) is 0. The number of hydrogen-bond donors (Lipinski definition) is 1. The molecule has 0 saturated heterocycles. The lowest BCUT2D eigenvalue weighted by atomic mass is 9.90. The Labute approximate surface area is 116 Å². The van der Waals surface area contributed by atoms with Gasteiger partial charge in [-0.1, -0.05) is 34.6 Å². The van der Waals surface area contributed by atoms with Crippen molar-refractivity contribution in [1.29, 1.82) is 0 Å². The zero-order valence-electron chi connectivity index (χ0n) is 11.1. The Morgan fingerprint density at radius 2 is 2.25 bits per heavy atom. The fourth-order valence-corrected chi connectivity index (χ4v) is 2.62. The van der Waals surface area contributed by atoms with Crippen molar-refractivity contribution >= 4 is 5.97 Å². The van der Waals surface area contributed by atoms with Crippen LogP contribution in [0.15, 0.2) is 28.9 Å². The number of carboxylic acid groups (broad SMARTS) is 1. The Hall–Kier alpha value is -2.21. The van der Waals surface area contributed by atoms with Crippen LogP contribution < -0.4 is 0 Å². The van der Waals surface area contributed by atoms with Crippen molar-refractivity contribution in [3.05, 3.63) is 46.8 Å². The smallest absolute Gasteiger partial charge is 0.312 e. The molecule has 6 heteroatoms. The highest BCUT2D eigenvalue weighted by Gasteiger charge is 2.30. The van der Waals surface area contributed by atoms with Gasteiger partial charge in [-0.25, -0.2) is 4.63 Å². The van der Waals surface area contributed by atoms with E-state index in [1.165, 1.54) is 0 Å². The fraction of sp³-hybridized carbons (Fsp3) is 0.357. The third-order valence-corrected chi connectivity index (χ3v) is 3.68. The highest BCUT2D eigenvalue weighted by Crippen LogP contribution is 2.29. The molecule has 0 bridgehead atoms. The molecule has 1 N–H and O–H groups in total. The minimum Gasteiger partial charge on any atom is -0.481 e. The number of nitrogens with zero attached hydrogens (tertiary/aromatic N) is 3. The minimum atomic E-state index is -0.794. The summed E-state index contributed by atoms with van der Waals surface area (Å²) in [5, 5.41) is 17.0. The van der Waals surface area contributed by atoms with Gasteiger partial charge in [-0.15, -0.1) is 0 Å². The van der Waals surface area contributed by atoms with E-state index in [0.29, 0.717) is 19.6 Å². The van der Waals surface area contributed by atoms with E-state index < -0.39 is 11.9 Å². The topological polar surface area (TPSA) is 79.5 Å². The summed E-state index contributed by atoms with van der Waals surface area (Å²) in [5.41, 5.74) is 3.47. The molecule has 2 heterocycles. The number of rotatable bonds is 3. The summed E-state index contributed by atoms with van der Waals surface area (Å²) in [6.07, 6.45) is 0. The van der Waals surface area contributed by atoms with E-state index in [4.69, 9.17) is 0 Å². The zero-order valence-corrected chi connectivity index (χ0v) is 11.1. The second-order valence-corrected chi connectivity index (χ2v) is 5.06. The first kappa shape index (κ1) is 12.8. The molecule has 0 spiro atoms. The average molecular weight is 273 g/mol. The van der Waals surface area contributed by atoms with Crippen molar-refractivity contribution in [1.82, 2.24) is 15.2 Å². The summed E-state index contributed by atoms with van der Waals surface area (Å²) >= 11 is 0. The third kappa shape index (κ3) is 2.30. The Balaban J connectivity index is 1.86. The van der Waals surface area contributed by atoms with E-state index in [2.05, 4.69) is 19.8 Å². The van der Waals surface area contributed by atoms with Gasteiger partial charge in [0.2, 0.25) is 0 Å². The van der Waals surface area contributed by atoms with Crippen LogP contribution in [0.2, 0.25) is 0 Å². The molecular formula is C14H15N3O3. The van der Waals surface area contributed by atoms with Gasteiger partial charge in [-0.05, 0) is 18.1 Å². The van der Waals surface area contributed by atoms with Crippen LogP contribution in [0.5, 0.6) is 0 Å². The van der Waals surface area contributed by atoms with E-state index >= 15 is 0 Å². The van der Waals surface area contributed by atoms with Crippen molar-refractivity contribution in [3.8, 4) is 0 Å². The van der Waals surface area contributed by atoms with Crippen LogP contribution >= 0.6 is 0 Å². The number of aliphatic carboxylic acids is 1. The van der Waals surface area contributed by atoms with Crippen LogP contribution in [0.3, 0.4) is 0 Å². The molecule has 0 fully saturated rings. The highest BCUT2D eigenvalue weighted by atomic mass is 16.6. The standard InChI is InChI=1S/C14H15N3O3/c1-9-13(16-20-15-9)8-17-6-10-4-2-3-5-11(10)12(7-17)14(18)19/h2-5,12H,6-8H2,1H3,(H,18,19). The summed E-state index contributed by atoms with van der Waals surface area (Å²) in [4.78, 5) is 13.5. The Morgan fingerprint density at radius 1 is 1.45 bits per heavy atom. The number of fused-ring (bicyclic) bond motifs is 1. The van der Waals surface area contributed by atoms with Gasteiger partial charge < -0.3 is 5.11 Å². The van der Waals surface area contributed by atoms with Gasteiger partial charge in [0.1, 0.15) is 11.4 Å². The van der Waals surface area contributed by atoms with Crippen LogP contribution in [0.4, 0.5) is 0 Å². The molecule has 1 aliphatic heterocycles. The number of benzene rings is 1. The zero-order chi connectivity index (χ0) is 14.1. The predicted octanol–water partition coefficient (Wildman–Crippen LogP) is 1.56. The SMILES string of the molecule is Cc1nonc1CN1Cc2ccccc2C(C(=O)O)C1. The average Bonchev–Trinajstić information content (AvgIpc) is 2.83. The van der Waals surface area contributed by atoms with Crippen LogP contribution in [0.1, 0.15) is 28.4 Å². The van der Waals surface area contributed by atoms with Gasteiger partial charge in [-0.3, -0.25) is 9.69 Å². The molecule has 3 rings (SSSR count). The molecule has 2 aromatic rings. The van der Waals surface area contributed by atoms with Crippen LogP contribution in [0.25, 0.3) is 0 Å². The molecule has 6 nitrogen and oxygen atoms in total. The first-order valence-corrected chi connectivity index (χ1v) is 6.46. The third-order valence-electron chi connectivity index (χ3n) is 3.68. The molecular weight excluding hydrogens is 258 g/mol. The molecule has 1 aromatic heterocycles. The number of carbonyl (C=O) groups is 1. The minimum absolute atomic E-state index is 0.471. The molecule has 1 atom stereocenters. The predicted molar refractivity (Wildman–Crippen MR) is 70.0 cm³/mol. The lowest BCUT2D eigenvalue weighted by Crippen LogP contribution is -2.36. The molecule has 0 aliphatic carbocycles. The maximum absolute atomic E-state index is 11.5. The van der Waals surface area contributed by atoms with Crippen LogP contribution in [-0.4, -0.2) is 32.8 Å². The number of aromatic nitrogens is 2. The first-order valence-electron chi connectivity index (χ1n) is 6.46. The van der Waals surface area contributed by atoms with E-state index in [1.807, 2.05) is 31.2 Å². The Morgan fingerprint density at radius 3 is 2.95 bits per heavy atom. The normalized spacial score (nSPS) is 18.8. The van der Waals surface area contributed by atoms with Crippen LogP contribution in [0, 0.1) is 6.92 Å². The van der Waals surface area contributed by atoms with E-state index in [1.54, 1.807) is 0 Å². The largest absolute Gasteiger partial charge is 0.481 e. The number of aryl methyl sites for hydroxylation is 1. The second-order valence-electron chi connectivity index (χ2n) is 5.06. The van der Waals surface area contributed by atoms with Crippen molar-refractivity contribution < 1.29 is 14.5 Å². The highest BCUT2D eigenvalue weighted by molar-refractivity contribution is 5.77. The molecule has 0 radical (unpaired) electrons. The molecule has 104 valence electrons. The van der Waals surface area contributed by atoms with Crippen LogP contribution in [-0.2, 0) is 17.9 Å². The van der Waals surface area contributed by atoms with E-state index in [-0.39, 0.29) is 0 Å². The lowest BCUT2D eigenvalue weighted by Gasteiger charge is -2.32. The number of hydrogen-bond acceptors (Lipinski definition) is 5. The van der Waals surface area contributed by atoms with Crippen molar-refractivity contribution in [2.24, 2.45) is 0 Å². The molecule has 20 heavy (non-hydrogen) atoms. The first-order chi connectivity index (χ1) is 9.65. The quantitative estimate of drug-likeness (QED) is 0.914. The Bertz CT molecular complexity index is 638. The molecule has 0 amide bonds. The summed E-state index contributed by atoms with van der Waals surface area (Å²) < 4.78 is 4.69. The monoisotopic (exact) mass is 273 g/mol. The van der Waals surface area contributed by atoms with Gasteiger partial charge in [-0.2, -0.15) is 0 Å². The van der Waals surface area contributed by atoms with Gasteiger partial charge in [0.05, 0.1) is 5.92 Å². The molecule has 1 aromatic carbocycles. The van der Waals surface area contributed by atoms with Crippen molar-refractivity contribution in [2.45, 2.75) is 25.9 Å². The maximum atomic E-state index is 11.5. The summed E-state index contributed by atoms with van der Waals surface area (Å²) in [5.74, 6) is -1.29. The van der Waals surface area contributed by atoms with Gasteiger partial charge in [0, 0.05) is 19.6 Å². The maximum Gasteiger partial charge on any atom is 0.312 e. The lowest BCUT2D eigenvalue weighted by molar-refractivity contribution is -0.139.